The van der Waals surface area contributed by atoms with Crippen molar-refractivity contribution in [1.29, 1.82) is 0 Å². The van der Waals surface area contributed by atoms with Crippen molar-refractivity contribution in [1.82, 2.24) is 9.80 Å². The molecule has 5 heteroatoms. The largest absolute Gasteiger partial charge is 0.289 e. The molecule has 5 aliphatic rings. The summed E-state index contributed by atoms with van der Waals surface area (Å²) in [6.07, 6.45) is 0. The number of hydrogen-bond donors (Lipinski definition) is 0. The van der Waals surface area contributed by atoms with Gasteiger partial charge in [-0.1, -0.05) is 48.5 Å². The molecular formula is C21H21N3O2. The number of nitrogens with zero attached hydrogens (tertiary/aromatic N) is 3. The van der Waals surface area contributed by atoms with E-state index in [1.807, 2.05) is 6.07 Å². The van der Waals surface area contributed by atoms with Crippen LogP contribution in [0.4, 0.5) is 0 Å². The van der Waals surface area contributed by atoms with Gasteiger partial charge in [-0.15, -0.1) is 0 Å². The van der Waals surface area contributed by atoms with Crippen LogP contribution in [0.1, 0.15) is 46.2 Å². The van der Waals surface area contributed by atoms with Crippen LogP contribution >= 0.6 is 0 Å². The molecule has 4 heterocycles. The van der Waals surface area contributed by atoms with E-state index in [2.05, 4.69) is 66.4 Å². The standard InChI is InChI=1S/C21H21N3O2/c1-22-17-13-9-5-3-7-11(13)16-19-15(17)12-8-4-6-10-14(12)18(23(19)2)21(20(16)22)24(25)26/h3-10,15-21H,1-2H3/t15?,16?,17?,18-,19?,20-,21?/m0/s1. The second kappa shape index (κ2) is 4.72. The molecule has 2 aromatic rings. The predicted molar refractivity (Wildman–Crippen MR) is 97.7 cm³/mol. The van der Waals surface area contributed by atoms with Crippen LogP contribution in [0, 0.1) is 10.1 Å². The quantitative estimate of drug-likeness (QED) is 0.588. The monoisotopic (exact) mass is 347 g/mol. The maximum atomic E-state index is 12.3. The molecule has 5 unspecified atom stereocenters. The molecule has 2 aromatic carbocycles. The molecule has 5 bridgehead atoms. The summed E-state index contributed by atoms with van der Waals surface area (Å²) >= 11 is 0. The first-order valence-corrected chi connectivity index (χ1v) is 9.36. The second-order valence-corrected chi connectivity index (χ2v) is 8.29. The van der Waals surface area contributed by atoms with Gasteiger partial charge in [0, 0.05) is 28.8 Å². The zero-order valence-electron chi connectivity index (χ0n) is 14.8. The van der Waals surface area contributed by atoms with Crippen LogP contribution in [0.25, 0.3) is 0 Å². The van der Waals surface area contributed by atoms with Gasteiger partial charge in [-0.2, -0.15) is 0 Å². The van der Waals surface area contributed by atoms with Crippen LogP contribution in [0.3, 0.4) is 0 Å². The lowest BCUT2D eigenvalue weighted by atomic mass is 9.53. The summed E-state index contributed by atoms with van der Waals surface area (Å²) in [5, 5.41) is 12.3. The van der Waals surface area contributed by atoms with Crippen LogP contribution in [0.5, 0.6) is 0 Å². The molecule has 0 aromatic heterocycles. The number of benzene rings is 2. The molecule has 0 N–H and O–H groups in total. The first-order valence-electron chi connectivity index (χ1n) is 9.36. The Hall–Kier alpha value is -2.24. The maximum Gasteiger partial charge on any atom is 0.248 e. The predicted octanol–water partition coefficient (Wildman–Crippen LogP) is 2.94. The zero-order valence-corrected chi connectivity index (χ0v) is 14.8. The molecule has 5 nitrogen and oxygen atoms in total. The fraction of sp³-hybridized carbons (Fsp3) is 0.429. The molecule has 26 heavy (non-hydrogen) atoms. The summed E-state index contributed by atoms with van der Waals surface area (Å²) < 4.78 is 0. The summed E-state index contributed by atoms with van der Waals surface area (Å²) in [4.78, 5) is 16.9. The molecular weight excluding hydrogens is 326 g/mol. The molecule has 0 spiro atoms. The summed E-state index contributed by atoms with van der Waals surface area (Å²) in [5.41, 5.74) is 5.18. The van der Waals surface area contributed by atoms with E-state index in [1.165, 1.54) is 22.3 Å². The molecule has 0 saturated carbocycles. The van der Waals surface area contributed by atoms with Crippen molar-refractivity contribution in [2.45, 2.75) is 42.0 Å². The number of nitro groups is 1. The van der Waals surface area contributed by atoms with E-state index in [0.29, 0.717) is 12.0 Å². The van der Waals surface area contributed by atoms with Gasteiger partial charge >= 0.3 is 0 Å². The molecule has 132 valence electrons. The van der Waals surface area contributed by atoms with Gasteiger partial charge in [-0.3, -0.25) is 19.9 Å². The van der Waals surface area contributed by atoms with Gasteiger partial charge in [0.15, 0.2) is 0 Å². The van der Waals surface area contributed by atoms with Gasteiger partial charge in [0.1, 0.15) is 6.04 Å². The number of hydrogen-bond acceptors (Lipinski definition) is 4. The fourth-order valence-corrected chi connectivity index (χ4v) is 6.82. The molecule has 7 atom stereocenters. The van der Waals surface area contributed by atoms with E-state index >= 15 is 0 Å². The third kappa shape index (κ3) is 1.47. The summed E-state index contributed by atoms with van der Waals surface area (Å²) in [6, 6.07) is 16.8. The lowest BCUT2D eigenvalue weighted by molar-refractivity contribution is -0.549. The van der Waals surface area contributed by atoms with Crippen molar-refractivity contribution in [3.8, 4) is 0 Å². The smallest absolute Gasteiger partial charge is 0.248 e. The van der Waals surface area contributed by atoms with Crippen molar-refractivity contribution >= 4 is 0 Å². The lowest BCUT2D eigenvalue weighted by Crippen LogP contribution is -2.73. The van der Waals surface area contributed by atoms with Crippen molar-refractivity contribution in [3.63, 3.8) is 0 Å². The highest BCUT2D eigenvalue weighted by molar-refractivity contribution is 5.53. The molecule has 4 aliphatic heterocycles. The molecule has 1 aliphatic carbocycles. The summed E-state index contributed by atoms with van der Waals surface area (Å²) in [6.45, 7) is 0. The van der Waals surface area contributed by atoms with E-state index in [9.17, 15) is 10.1 Å². The van der Waals surface area contributed by atoms with E-state index in [1.54, 1.807) is 0 Å². The Kier molecular flexibility index (Phi) is 2.70. The van der Waals surface area contributed by atoms with Gasteiger partial charge in [-0.25, -0.2) is 0 Å². The Morgan fingerprint density at radius 3 is 1.88 bits per heavy atom. The van der Waals surface area contributed by atoms with Gasteiger partial charge < -0.3 is 0 Å². The minimum Gasteiger partial charge on any atom is -0.289 e. The van der Waals surface area contributed by atoms with Gasteiger partial charge in [0.05, 0.1) is 6.04 Å². The topological polar surface area (TPSA) is 49.6 Å². The Morgan fingerprint density at radius 2 is 1.27 bits per heavy atom. The number of fused-ring (bicyclic) bond motifs is 3. The van der Waals surface area contributed by atoms with Gasteiger partial charge in [0.25, 0.3) is 0 Å². The Labute approximate surface area is 152 Å². The van der Waals surface area contributed by atoms with E-state index in [-0.39, 0.29) is 29.0 Å². The van der Waals surface area contributed by atoms with E-state index in [4.69, 9.17) is 0 Å². The molecule has 2 saturated heterocycles. The molecule has 7 rings (SSSR count). The van der Waals surface area contributed by atoms with Gasteiger partial charge in [-0.05, 0) is 36.3 Å². The first-order chi connectivity index (χ1) is 12.6. The highest BCUT2D eigenvalue weighted by atomic mass is 16.6. The third-order valence-electron chi connectivity index (χ3n) is 7.53. The molecule has 0 amide bonds. The average Bonchev–Trinajstić information content (AvgIpc) is 2.64. The molecule has 0 radical (unpaired) electrons. The van der Waals surface area contributed by atoms with Gasteiger partial charge in [0.2, 0.25) is 6.04 Å². The lowest BCUT2D eigenvalue weighted by Gasteiger charge is -2.67. The van der Waals surface area contributed by atoms with Crippen LogP contribution in [0.15, 0.2) is 48.5 Å². The SMILES string of the molecule is CN1C2c3ccccc3C3C4C2c2ccccc2[C@@H](C([N+](=O)[O-])[C@H]31)N4C. The van der Waals surface area contributed by atoms with Crippen molar-refractivity contribution in [3.05, 3.63) is 80.9 Å². The van der Waals surface area contributed by atoms with E-state index in [0.717, 1.165) is 0 Å². The van der Waals surface area contributed by atoms with Crippen molar-refractivity contribution in [2.24, 2.45) is 0 Å². The highest BCUT2D eigenvalue weighted by Gasteiger charge is 2.68. The molecule has 2 fully saturated rings. The normalized spacial score (nSPS) is 39.5. The van der Waals surface area contributed by atoms with Crippen LogP contribution in [-0.4, -0.2) is 46.9 Å². The Balaban J connectivity index is 1.72. The fourth-order valence-electron chi connectivity index (χ4n) is 6.82. The van der Waals surface area contributed by atoms with Crippen LogP contribution in [0.2, 0.25) is 0 Å². The summed E-state index contributed by atoms with van der Waals surface area (Å²) in [7, 11) is 4.21. The first kappa shape index (κ1) is 14.9. The number of likely N-dealkylation sites (N-methyl/N-ethyl adjacent to an activating group) is 2. The van der Waals surface area contributed by atoms with Crippen molar-refractivity contribution < 1.29 is 4.92 Å². The third-order valence-corrected chi connectivity index (χ3v) is 7.53. The highest BCUT2D eigenvalue weighted by Crippen LogP contribution is 2.65. The summed E-state index contributed by atoms with van der Waals surface area (Å²) in [5.74, 6) is 0.567. The van der Waals surface area contributed by atoms with Crippen LogP contribution < -0.4 is 0 Å². The second-order valence-electron chi connectivity index (χ2n) is 8.29. The Morgan fingerprint density at radius 1 is 0.769 bits per heavy atom. The Bertz CT molecular complexity index is 944. The maximum absolute atomic E-state index is 12.3. The number of rotatable bonds is 1. The average molecular weight is 347 g/mol. The minimum absolute atomic E-state index is 0.0149. The zero-order chi connectivity index (χ0) is 17.7. The van der Waals surface area contributed by atoms with Crippen molar-refractivity contribution in [2.75, 3.05) is 14.1 Å². The van der Waals surface area contributed by atoms with E-state index < -0.39 is 6.04 Å². The minimum atomic E-state index is -0.607. The van der Waals surface area contributed by atoms with Crippen LogP contribution in [-0.2, 0) is 0 Å². The number of piperidine rings is 2.